The van der Waals surface area contributed by atoms with Gasteiger partial charge in [-0.2, -0.15) is 0 Å². The molecule has 0 heterocycles. The van der Waals surface area contributed by atoms with Crippen LogP contribution in [0.3, 0.4) is 0 Å². The molecule has 2 rings (SSSR count). The molecule has 0 aliphatic carbocycles. The van der Waals surface area contributed by atoms with E-state index in [1.807, 2.05) is 60.7 Å². The average Bonchev–Trinajstić information content (AvgIpc) is 2.69. The second kappa shape index (κ2) is 10.0. The molecule has 0 amide bonds. The van der Waals surface area contributed by atoms with Gasteiger partial charge in [-0.25, -0.2) is 0 Å². The molecule has 0 fully saturated rings. The third kappa shape index (κ3) is 5.77. The van der Waals surface area contributed by atoms with Crippen molar-refractivity contribution < 1.29 is 9.13 Å². The van der Waals surface area contributed by atoms with Crippen LogP contribution in [0.5, 0.6) is 0 Å². The molecular formula is C26H40O2P2. The van der Waals surface area contributed by atoms with E-state index in [1.165, 1.54) is 0 Å². The van der Waals surface area contributed by atoms with E-state index >= 15 is 0 Å². The van der Waals surface area contributed by atoms with E-state index in [-0.39, 0.29) is 10.3 Å². The molecule has 2 aromatic carbocycles. The normalized spacial score (nSPS) is 16.6. The monoisotopic (exact) mass is 446 g/mol. The Hall–Kier alpha value is -1.10. The summed E-state index contributed by atoms with van der Waals surface area (Å²) in [4.78, 5) is 0. The molecule has 0 N–H and O–H groups in total. The molecule has 2 aromatic rings. The van der Waals surface area contributed by atoms with Crippen molar-refractivity contribution in [2.24, 2.45) is 0 Å². The van der Waals surface area contributed by atoms with E-state index < -0.39 is 14.3 Å². The molecule has 0 radical (unpaired) electrons. The molecule has 2 unspecified atom stereocenters. The zero-order valence-electron chi connectivity index (χ0n) is 19.7. The summed E-state index contributed by atoms with van der Waals surface area (Å²) < 4.78 is 27.8. The minimum absolute atomic E-state index is 0.233. The van der Waals surface area contributed by atoms with Crippen molar-refractivity contribution in [3.05, 3.63) is 60.7 Å². The molecule has 0 aliphatic rings. The zero-order chi connectivity index (χ0) is 22.5. The quantitative estimate of drug-likeness (QED) is 0.295. The Morgan fingerprint density at radius 1 is 0.533 bits per heavy atom. The van der Waals surface area contributed by atoms with Crippen LogP contribution >= 0.6 is 14.3 Å². The van der Waals surface area contributed by atoms with E-state index in [0.29, 0.717) is 0 Å². The predicted octanol–water partition coefficient (Wildman–Crippen LogP) is 7.52. The van der Waals surface area contributed by atoms with Crippen LogP contribution in [0, 0.1) is 0 Å². The summed E-state index contributed by atoms with van der Waals surface area (Å²) in [6.45, 7) is 12.6. The maximum Gasteiger partial charge on any atom is 0.120 e. The van der Waals surface area contributed by atoms with Gasteiger partial charge < -0.3 is 9.13 Å². The van der Waals surface area contributed by atoms with Crippen LogP contribution < -0.4 is 10.6 Å². The molecule has 0 saturated heterocycles. The van der Waals surface area contributed by atoms with E-state index in [2.05, 4.69) is 41.5 Å². The second-order valence-electron chi connectivity index (χ2n) is 10.4. The van der Waals surface area contributed by atoms with Crippen molar-refractivity contribution in [1.29, 1.82) is 0 Å². The lowest BCUT2D eigenvalue weighted by atomic mass is 10.2. The van der Waals surface area contributed by atoms with Gasteiger partial charge in [0.1, 0.15) is 14.3 Å². The highest BCUT2D eigenvalue weighted by Gasteiger charge is 2.38. The highest BCUT2D eigenvalue weighted by Crippen LogP contribution is 2.58. The minimum atomic E-state index is -2.47. The molecule has 0 spiro atoms. The minimum Gasteiger partial charge on any atom is -0.318 e. The van der Waals surface area contributed by atoms with Gasteiger partial charge in [0.25, 0.3) is 0 Å². The van der Waals surface area contributed by atoms with Gasteiger partial charge in [0.05, 0.1) is 0 Å². The first-order valence-corrected chi connectivity index (χ1v) is 15.0. The Bertz CT molecular complexity index is 799. The Morgan fingerprint density at radius 3 is 1.10 bits per heavy atom. The van der Waals surface area contributed by atoms with Crippen molar-refractivity contribution in [3.63, 3.8) is 0 Å². The van der Waals surface area contributed by atoms with Crippen LogP contribution in [-0.2, 0) is 9.13 Å². The van der Waals surface area contributed by atoms with Crippen LogP contribution in [0.2, 0.25) is 0 Å². The van der Waals surface area contributed by atoms with E-state index in [0.717, 1.165) is 48.6 Å². The van der Waals surface area contributed by atoms with Crippen LogP contribution in [0.4, 0.5) is 0 Å². The molecule has 0 bridgehead atoms. The lowest BCUT2D eigenvalue weighted by molar-refractivity contribution is 0.547. The Balaban J connectivity index is 1.95. The van der Waals surface area contributed by atoms with Crippen molar-refractivity contribution in [1.82, 2.24) is 0 Å². The van der Waals surface area contributed by atoms with Crippen LogP contribution in [-0.4, -0.2) is 22.6 Å². The van der Waals surface area contributed by atoms with Gasteiger partial charge in [-0.3, -0.25) is 0 Å². The third-order valence-electron chi connectivity index (χ3n) is 6.21. The lowest BCUT2D eigenvalue weighted by Gasteiger charge is -2.32. The number of unbranched alkanes of at least 4 members (excludes halogenated alkanes) is 3. The van der Waals surface area contributed by atoms with Crippen LogP contribution in [0.1, 0.15) is 67.2 Å². The largest absolute Gasteiger partial charge is 0.318 e. The molecule has 166 valence electrons. The first kappa shape index (κ1) is 25.2. The van der Waals surface area contributed by atoms with Crippen LogP contribution in [0.25, 0.3) is 0 Å². The fourth-order valence-corrected chi connectivity index (χ4v) is 10.1. The number of rotatable bonds is 9. The van der Waals surface area contributed by atoms with Crippen molar-refractivity contribution in [2.75, 3.05) is 12.3 Å². The first-order valence-electron chi connectivity index (χ1n) is 11.2. The Labute approximate surface area is 184 Å². The molecular weight excluding hydrogens is 406 g/mol. The van der Waals surface area contributed by atoms with Gasteiger partial charge in [0.2, 0.25) is 0 Å². The summed E-state index contributed by atoms with van der Waals surface area (Å²) in [7, 11) is -4.93. The molecule has 0 aromatic heterocycles. The van der Waals surface area contributed by atoms with Crippen molar-refractivity contribution >= 4 is 24.9 Å². The average molecular weight is 447 g/mol. The van der Waals surface area contributed by atoms with Gasteiger partial charge in [0.15, 0.2) is 0 Å². The first-order chi connectivity index (χ1) is 13.9. The zero-order valence-corrected chi connectivity index (χ0v) is 21.5. The van der Waals surface area contributed by atoms with Gasteiger partial charge in [-0.15, -0.1) is 0 Å². The Morgan fingerprint density at radius 2 is 0.833 bits per heavy atom. The molecule has 2 atom stereocenters. The number of hydrogen-bond donors (Lipinski definition) is 0. The van der Waals surface area contributed by atoms with Crippen LogP contribution in [0.15, 0.2) is 60.7 Å². The Kier molecular flexibility index (Phi) is 8.40. The summed E-state index contributed by atoms with van der Waals surface area (Å²) in [6.07, 6.45) is 5.47. The van der Waals surface area contributed by atoms with Gasteiger partial charge in [-0.1, -0.05) is 115 Å². The summed E-state index contributed by atoms with van der Waals surface area (Å²) in [5.74, 6) is 0. The highest BCUT2D eigenvalue weighted by molar-refractivity contribution is 7.73. The number of benzene rings is 2. The number of hydrogen-bond acceptors (Lipinski definition) is 2. The lowest BCUT2D eigenvalue weighted by Crippen LogP contribution is -2.25. The van der Waals surface area contributed by atoms with Gasteiger partial charge in [0, 0.05) is 33.2 Å². The predicted molar refractivity (Wildman–Crippen MR) is 135 cm³/mol. The summed E-state index contributed by atoms with van der Waals surface area (Å²) in [6, 6.07) is 20.0. The third-order valence-corrected chi connectivity index (χ3v) is 14.7. The molecule has 30 heavy (non-hydrogen) atoms. The second-order valence-corrected chi connectivity index (χ2v) is 17.9. The van der Waals surface area contributed by atoms with Gasteiger partial charge in [-0.05, 0) is 12.8 Å². The topological polar surface area (TPSA) is 34.1 Å². The maximum absolute atomic E-state index is 13.9. The smallest absolute Gasteiger partial charge is 0.120 e. The molecule has 2 nitrogen and oxygen atoms in total. The van der Waals surface area contributed by atoms with Gasteiger partial charge >= 0.3 is 0 Å². The van der Waals surface area contributed by atoms with Crippen molar-refractivity contribution in [2.45, 2.75) is 77.5 Å². The fourth-order valence-electron chi connectivity index (χ4n) is 4.06. The SMILES string of the molecule is CC(C)(C)P(=O)(CCCCCCP(=O)(c1ccccc1)C(C)(C)C)c1ccccc1. The van der Waals surface area contributed by atoms with E-state index in [9.17, 15) is 9.13 Å². The summed E-state index contributed by atoms with van der Waals surface area (Å²) in [5, 5.41) is 1.53. The summed E-state index contributed by atoms with van der Waals surface area (Å²) >= 11 is 0. The van der Waals surface area contributed by atoms with E-state index in [1.54, 1.807) is 0 Å². The fraction of sp³-hybridized carbons (Fsp3) is 0.538. The molecule has 4 heteroatoms. The van der Waals surface area contributed by atoms with E-state index in [4.69, 9.17) is 0 Å². The molecule has 0 aliphatic heterocycles. The summed E-state index contributed by atoms with van der Waals surface area (Å²) in [5.41, 5.74) is 0. The highest BCUT2D eigenvalue weighted by atomic mass is 31.2. The maximum atomic E-state index is 13.9. The standard InChI is InChI=1S/C26H40O2P2/c1-25(2,3)29(27,23-17-11-9-12-18-23)21-15-7-8-16-22-30(28,26(4,5)6)24-19-13-10-14-20-24/h9-14,17-20H,7-8,15-16,21-22H2,1-6H3. The molecule has 0 saturated carbocycles. The van der Waals surface area contributed by atoms with Crippen molar-refractivity contribution in [3.8, 4) is 0 Å².